The Balaban J connectivity index is 1.79. The van der Waals surface area contributed by atoms with Crippen molar-refractivity contribution in [1.82, 2.24) is 10.2 Å². The van der Waals surface area contributed by atoms with Gasteiger partial charge in [-0.1, -0.05) is 117 Å². The quantitative estimate of drug-likeness (QED) is 0.0415. The second-order valence-electron chi connectivity index (χ2n) is 12.9. The summed E-state index contributed by atoms with van der Waals surface area (Å²) in [6.45, 7) is 8.39. The Bertz CT molecular complexity index is 978. The number of phosphoric ester groups is 1. The molecule has 0 fully saturated rings. The number of carbonyl (C=O) groups excluding carboxylic acids is 1. The van der Waals surface area contributed by atoms with Crippen LogP contribution in [0.4, 0.5) is 9.18 Å². The summed E-state index contributed by atoms with van der Waals surface area (Å²) in [5, 5.41) is 2.74. The highest BCUT2D eigenvalue weighted by atomic mass is 32.2. The predicted molar refractivity (Wildman–Crippen MR) is 189 cm³/mol. The molecular weight excluding hydrogens is 644 g/mol. The number of nitrogens with two attached hydrogens (primary N) is 1. The minimum absolute atomic E-state index is 0.00627. The summed E-state index contributed by atoms with van der Waals surface area (Å²) in [6.07, 6.45) is 20.6. The van der Waals surface area contributed by atoms with E-state index in [4.69, 9.17) is 24.3 Å². The van der Waals surface area contributed by atoms with Gasteiger partial charge in [0.05, 0.1) is 25.4 Å². The lowest BCUT2D eigenvalue weighted by molar-refractivity contribution is -0.0364. The summed E-state index contributed by atoms with van der Waals surface area (Å²) in [7, 11) is -4.43. The lowest BCUT2D eigenvalue weighted by Gasteiger charge is -2.30. The molecule has 13 heteroatoms. The first kappa shape index (κ1) is 42.2. The zero-order valence-electron chi connectivity index (χ0n) is 29.3. The molecule has 4 N–H and O–H groups in total. The minimum atomic E-state index is -4.43. The fourth-order valence-electron chi connectivity index (χ4n) is 5.52. The molecule has 7 atom stereocenters. The molecule has 47 heavy (non-hydrogen) atoms. The number of amides is 2. The van der Waals surface area contributed by atoms with Gasteiger partial charge in [-0.15, -0.1) is 0 Å². The Hall–Kier alpha value is -0.980. The van der Waals surface area contributed by atoms with Crippen LogP contribution in [0.1, 0.15) is 130 Å². The third kappa shape index (κ3) is 18.5. The SMILES string of the molecule is CCCCCCCCCCC(C)SCC(COP(=O)(O)OCC1C=CC(N2C=C(F)C(N)NC2=O)O1)OC(C)CCCCCCCC. The van der Waals surface area contributed by atoms with Gasteiger partial charge in [-0.2, -0.15) is 11.8 Å². The molecule has 0 saturated carbocycles. The molecule has 0 spiro atoms. The number of ether oxygens (including phenoxy) is 2. The molecule has 2 aliphatic rings. The second-order valence-corrected chi connectivity index (χ2v) is 15.8. The van der Waals surface area contributed by atoms with E-state index >= 15 is 0 Å². The van der Waals surface area contributed by atoms with Crippen molar-refractivity contribution < 1.29 is 37.2 Å². The van der Waals surface area contributed by atoms with E-state index in [1.165, 1.54) is 83.5 Å². The van der Waals surface area contributed by atoms with Gasteiger partial charge in [0.1, 0.15) is 12.3 Å². The number of nitrogens with one attached hydrogen (secondary N) is 1. The van der Waals surface area contributed by atoms with E-state index in [1.54, 1.807) is 12.2 Å². The van der Waals surface area contributed by atoms with E-state index in [0.29, 0.717) is 11.0 Å². The highest BCUT2D eigenvalue weighted by Gasteiger charge is 2.34. The molecule has 2 aliphatic heterocycles. The molecule has 0 aromatic carbocycles. The maximum absolute atomic E-state index is 13.9. The topological polar surface area (TPSA) is 133 Å². The van der Waals surface area contributed by atoms with Crippen molar-refractivity contribution in [3.05, 3.63) is 24.2 Å². The summed E-state index contributed by atoms with van der Waals surface area (Å²) in [6, 6.07) is -0.618. The van der Waals surface area contributed by atoms with Gasteiger partial charge in [0.15, 0.2) is 12.1 Å². The van der Waals surface area contributed by atoms with E-state index in [2.05, 4.69) is 33.0 Å². The first-order chi connectivity index (χ1) is 22.5. The molecular formula is C34H63FN3O7PS. The molecule has 2 amide bonds. The van der Waals surface area contributed by atoms with E-state index in [9.17, 15) is 18.6 Å². The van der Waals surface area contributed by atoms with Crippen molar-refractivity contribution in [2.45, 2.75) is 166 Å². The van der Waals surface area contributed by atoms with E-state index < -0.39 is 38.2 Å². The second kappa shape index (κ2) is 24.2. The fourth-order valence-corrected chi connectivity index (χ4v) is 7.33. The number of halogens is 1. The molecule has 0 aromatic heterocycles. The molecule has 2 heterocycles. The smallest absolute Gasteiger partial charge is 0.372 e. The molecule has 0 aliphatic carbocycles. The van der Waals surface area contributed by atoms with Crippen LogP contribution >= 0.6 is 19.6 Å². The average molecular weight is 708 g/mol. The lowest BCUT2D eigenvalue weighted by Crippen LogP contribution is -2.54. The Kier molecular flexibility index (Phi) is 21.7. The van der Waals surface area contributed by atoms with Crippen LogP contribution in [0.2, 0.25) is 0 Å². The van der Waals surface area contributed by atoms with Crippen LogP contribution in [0.15, 0.2) is 24.2 Å². The van der Waals surface area contributed by atoms with Crippen molar-refractivity contribution in [3.8, 4) is 0 Å². The van der Waals surface area contributed by atoms with Gasteiger partial charge < -0.3 is 25.4 Å². The summed E-state index contributed by atoms with van der Waals surface area (Å²) in [5.41, 5.74) is 5.49. The minimum Gasteiger partial charge on any atom is -0.372 e. The Labute approximate surface area is 287 Å². The zero-order chi connectivity index (χ0) is 34.5. The van der Waals surface area contributed by atoms with Crippen LogP contribution in [0.5, 0.6) is 0 Å². The number of nitrogens with zero attached hydrogens (tertiary/aromatic N) is 1. The third-order valence-electron chi connectivity index (χ3n) is 8.40. The van der Waals surface area contributed by atoms with E-state index in [1.807, 2.05) is 11.8 Å². The van der Waals surface area contributed by atoms with Gasteiger partial charge in [-0.25, -0.2) is 13.8 Å². The summed E-state index contributed by atoms with van der Waals surface area (Å²) in [5.74, 6) is -0.0609. The molecule has 0 bridgehead atoms. The van der Waals surface area contributed by atoms with E-state index in [-0.39, 0.29) is 25.4 Å². The van der Waals surface area contributed by atoms with Gasteiger partial charge in [-0.05, 0) is 25.8 Å². The van der Waals surface area contributed by atoms with Crippen LogP contribution < -0.4 is 11.1 Å². The van der Waals surface area contributed by atoms with Crippen LogP contribution in [-0.4, -0.2) is 70.7 Å². The largest absolute Gasteiger partial charge is 0.472 e. The first-order valence-corrected chi connectivity index (χ1v) is 20.5. The normalized spacial score (nSPS) is 23.0. The number of hydrogen-bond acceptors (Lipinski definition) is 8. The van der Waals surface area contributed by atoms with E-state index in [0.717, 1.165) is 30.4 Å². The molecule has 0 saturated heterocycles. The van der Waals surface area contributed by atoms with Gasteiger partial charge in [0.25, 0.3) is 0 Å². The Morgan fingerprint density at radius 2 is 1.57 bits per heavy atom. The first-order valence-electron chi connectivity index (χ1n) is 18.0. The fraction of sp³-hybridized carbons (Fsp3) is 0.853. The number of unbranched alkanes of at least 4 members (excludes halogenated alkanes) is 12. The number of rotatable bonds is 28. The molecule has 2 rings (SSSR count). The number of carbonyl (C=O) groups is 1. The summed E-state index contributed by atoms with van der Waals surface area (Å²) >= 11 is 1.81. The monoisotopic (exact) mass is 707 g/mol. The van der Waals surface area contributed by atoms with Gasteiger partial charge in [-0.3, -0.25) is 13.9 Å². The maximum atomic E-state index is 13.9. The van der Waals surface area contributed by atoms with Crippen LogP contribution in [0.25, 0.3) is 0 Å². The molecule has 0 aromatic rings. The van der Waals surface area contributed by atoms with Crippen LogP contribution in [0.3, 0.4) is 0 Å². The number of hydrogen-bond donors (Lipinski definition) is 3. The van der Waals surface area contributed by atoms with Crippen molar-refractivity contribution in [1.29, 1.82) is 0 Å². The summed E-state index contributed by atoms with van der Waals surface area (Å²) < 4.78 is 49.4. The lowest BCUT2D eigenvalue weighted by atomic mass is 10.1. The third-order valence-corrected chi connectivity index (χ3v) is 10.7. The number of phosphoric acid groups is 1. The number of urea groups is 1. The average Bonchev–Trinajstić information content (AvgIpc) is 3.51. The van der Waals surface area contributed by atoms with Crippen molar-refractivity contribution >= 4 is 25.6 Å². The molecule has 274 valence electrons. The zero-order valence-corrected chi connectivity index (χ0v) is 31.0. The number of thioether (sulfide) groups is 1. The highest BCUT2D eigenvalue weighted by molar-refractivity contribution is 7.99. The van der Waals surface area contributed by atoms with Gasteiger partial charge in [0, 0.05) is 17.2 Å². The standard InChI is InChI=1S/C34H63FN3O7PS/c1-5-7-9-11-13-14-16-18-20-28(4)47-26-30(44-27(3)19-17-15-12-10-8-6-2)25-43-46(40,41)42-24-29-21-22-32(45-29)38-23-31(35)33(36)37-34(38)39/h21-23,27-30,32-33H,5-20,24-26,36H2,1-4H3,(H,37,39)(H,40,41). The Morgan fingerprint density at radius 1 is 0.979 bits per heavy atom. The Morgan fingerprint density at radius 3 is 2.21 bits per heavy atom. The van der Waals surface area contributed by atoms with Gasteiger partial charge in [0.2, 0.25) is 0 Å². The van der Waals surface area contributed by atoms with Crippen LogP contribution in [-0.2, 0) is 23.1 Å². The van der Waals surface area contributed by atoms with Gasteiger partial charge >= 0.3 is 13.9 Å². The van der Waals surface area contributed by atoms with Crippen LogP contribution in [0, 0.1) is 0 Å². The molecule has 7 unspecified atom stereocenters. The van der Waals surface area contributed by atoms with Crippen molar-refractivity contribution in [3.63, 3.8) is 0 Å². The maximum Gasteiger partial charge on any atom is 0.472 e. The molecule has 0 radical (unpaired) electrons. The van der Waals surface area contributed by atoms with Crippen molar-refractivity contribution in [2.75, 3.05) is 19.0 Å². The summed E-state index contributed by atoms with van der Waals surface area (Å²) in [4.78, 5) is 23.6. The van der Waals surface area contributed by atoms with Crippen molar-refractivity contribution in [2.24, 2.45) is 5.73 Å². The highest BCUT2D eigenvalue weighted by Crippen LogP contribution is 2.44. The molecule has 10 nitrogen and oxygen atoms in total. The predicted octanol–water partition coefficient (Wildman–Crippen LogP) is 8.70.